The van der Waals surface area contributed by atoms with Gasteiger partial charge < -0.3 is 15.5 Å². The van der Waals surface area contributed by atoms with Gasteiger partial charge in [-0.05, 0) is 54.7 Å². The van der Waals surface area contributed by atoms with Crippen molar-refractivity contribution in [3.63, 3.8) is 0 Å². The summed E-state index contributed by atoms with van der Waals surface area (Å²) in [6.07, 6.45) is 5.24. The van der Waals surface area contributed by atoms with E-state index in [0.717, 1.165) is 17.9 Å². The number of furan rings is 1. The lowest BCUT2D eigenvalue weighted by Crippen LogP contribution is -2.22. The standard InChI is InChI=1S/C15H17N3O/c16-15(17-10-14-5-2-8-19-14)18-13-7-6-11-3-1-4-12(11)9-13/h2,5-9H,1,3-4,10H2,(H3,16,17,18). The Kier molecular flexibility index (Phi) is 3.23. The summed E-state index contributed by atoms with van der Waals surface area (Å²) in [6.45, 7) is 0.455. The molecular formula is C15H17N3O. The molecular weight excluding hydrogens is 238 g/mol. The molecule has 0 amide bonds. The van der Waals surface area contributed by atoms with Gasteiger partial charge in [-0.25, -0.2) is 4.99 Å². The summed E-state index contributed by atoms with van der Waals surface area (Å²) in [4.78, 5) is 4.25. The normalized spacial score (nSPS) is 14.4. The molecule has 1 aromatic carbocycles. The van der Waals surface area contributed by atoms with Crippen molar-refractivity contribution in [3.05, 3.63) is 53.5 Å². The molecule has 1 aromatic heterocycles. The van der Waals surface area contributed by atoms with Gasteiger partial charge in [-0.1, -0.05) is 6.07 Å². The van der Waals surface area contributed by atoms with Crippen LogP contribution in [0.4, 0.5) is 5.69 Å². The van der Waals surface area contributed by atoms with Crippen LogP contribution in [0.5, 0.6) is 0 Å². The van der Waals surface area contributed by atoms with Gasteiger partial charge >= 0.3 is 0 Å². The van der Waals surface area contributed by atoms with Crippen LogP contribution in [0.15, 0.2) is 46.0 Å². The molecule has 0 saturated carbocycles. The predicted molar refractivity (Wildman–Crippen MR) is 76.1 cm³/mol. The minimum Gasteiger partial charge on any atom is -0.467 e. The van der Waals surface area contributed by atoms with Crippen LogP contribution >= 0.6 is 0 Å². The Balaban J connectivity index is 1.65. The first-order chi connectivity index (χ1) is 9.31. The van der Waals surface area contributed by atoms with Crippen LogP contribution in [-0.2, 0) is 19.4 Å². The van der Waals surface area contributed by atoms with E-state index in [0.29, 0.717) is 12.5 Å². The van der Waals surface area contributed by atoms with E-state index in [1.54, 1.807) is 6.26 Å². The molecule has 1 aliphatic carbocycles. The second-order valence-corrected chi connectivity index (χ2v) is 4.74. The number of benzene rings is 1. The maximum atomic E-state index is 5.86. The summed E-state index contributed by atoms with van der Waals surface area (Å²) in [5.41, 5.74) is 9.74. The molecule has 98 valence electrons. The van der Waals surface area contributed by atoms with Crippen molar-refractivity contribution in [1.29, 1.82) is 0 Å². The first-order valence-corrected chi connectivity index (χ1v) is 6.52. The fraction of sp³-hybridized carbons (Fsp3) is 0.267. The highest BCUT2D eigenvalue weighted by Gasteiger charge is 2.10. The van der Waals surface area contributed by atoms with Crippen molar-refractivity contribution in [2.75, 3.05) is 5.32 Å². The van der Waals surface area contributed by atoms with Gasteiger partial charge in [-0.3, -0.25) is 0 Å². The topological polar surface area (TPSA) is 63.5 Å². The molecule has 0 spiro atoms. The number of aryl methyl sites for hydroxylation is 2. The smallest absolute Gasteiger partial charge is 0.193 e. The quantitative estimate of drug-likeness (QED) is 0.654. The van der Waals surface area contributed by atoms with E-state index in [1.165, 1.54) is 24.0 Å². The van der Waals surface area contributed by atoms with E-state index in [1.807, 2.05) is 12.1 Å². The molecule has 3 rings (SSSR count). The molecule has 4 heteroatoms. The van der Waals surface area contributed by atoms with Crippen LogP contribution in [-0.4, -0.2) is 5.96 Å². The number of anilines is 1. The van der Waals surface area contributed by atoms with Crippen LogP contribution in [0, 0.1) is 0 Å². The Morgan fingerprint density at radius 1 is 1.26 bits per heavy atom. The molecule has 1 aliphatic rings. The fourth-order valence-corrected chi connectivity index (χ4v) is 2.40. The van der Waals surface area contributed by atoms with Crippen molar-refractivity contribution < 1.29 is 4.42 Å². The molecule has 0 aliphatic heterocycles. The summed E-state index contributed by atoms with van der Waals surface area (Å²) in [5, 5.41) is 3.12. The number of hydrogen-bond acceptors (Lipinski definition) is 2. The van der Waals surface area contributed by atoms with Crippen molar-refractivity contribution in [2.24, 2.45) is 10.7 Å². The third kappa shape index (κ3) is 2.78. The highest BCUT2D eigenvalue weighted by Crippen LogP contribution is 2.24. The first-order valence-electron chi connectivity index (χ1n) is 6.52. The maximum absolute atomic E-state index is 5.86. The Labute approximate surface area is 112 Å². The molecule has 19 heavy (non-hydrogen) atoms. The number of nitrogens with one attached hydrogen (secondary N) is 1. The Morgan fingerprint density at radius 2 is 2.16 bits per heavy atom. The van der Waals surface area contributed by atoms with Crippen LogP contribution in [0.1, 0.15) is 23.3 Å². The lowest BCUT2D eigenvalue weighted by Gasteiger charge is -2.07. The third-order valence-electron chi connectivity index (χ3n) is 3.36. The zero-order chi connectivity index (χ0) is 13.1. The van der Waals surface area contributed by atoms with Crippen LogP contribution in [0.2, 0.25) is 0 Å². The first kappa shape index (κ1) is 11.8. The number of nitrogens with two attached hydrogens (primary N) is 1. The molecule has 0 fully saturated rings. The number of aliphatic imine (C=N–C) groups is 1. The largest absolute Gasteiger partial charge is 0.467 e. The van der Waals surface area contributed by atoms with E-state index in [9.17, 15) is 0 Å². The maximum Gasteiger partial charge on any atom is 0.193 e. The molecule has 4 nitrogen and oxygen atoms in total. The minimum absolute atomic E-state index is 0.411. The predicted octanol–water partition coefficient (Wildman–Crippen LogP) is 2.70. The highest BCUT2D eigenvalue weighted by molar-refractivity contribution is 5.92. The molecule has 0 unspecified atom stereocenters. The average molecular weight is 255 g/mol. The van der Waals surface area contributed by atoms with E-state index in [4.69, 9.17) is 10.2 Å². The zero-order valence-electron chi connectivity index (χ0n) is 10.7. The second-order valence-electron chi connectivity index (χ2n) is 4.74. The summed E-state index contributed by atoms with van der Waals surface area (Å²) in [5.74, 6) is 1.22. The van der Waals surface area contributed by atoms with Gasteiger partial charge in [0, 0.05) is 5.69 Å². The van der Waals surface area contributed by atoms with Gasteiger partial charge in [0.25, 0.3) is 0 Å². The lowest BCUT2D eigenvalue weighted by molar-refractivity contribution is 0.513. The molecule has 0 bridgehead atoms. The molecule has 1 heterocycles. The van der Waals surface area contributed by atoms with Crippen molar-refractivity contribution in [1.82, 2.24) is 0 Å². The van der Waals surface area contributed by atoms with E-state index in [-0.39, 0.29) is 0 Å². The highest BCUT2D eigenvalue weighted by atomic mass is 16.3. The Bertz CT molecular complexity index is 587. The molecule has 3 N–H and O–H groups in total. The summed E-state index contributed by atoms with van der Waals surface area (Å²) >= 11 is 0. The molecule has 2 aromatic rings. The van der Waals surface area contributed by atoms with Crippen molar-refractivity contribution >= 4 is 11.6 Å². The summed E-state index contributed by atoms with van der Waals surface area (Å²) < 4.78 is 5.20. The van der Waals surface area contributed by atoms with Crippen LogP contribution in [0.3, 0.4) is 0 Å². The van der Waals surface area contributed by atoms with E-state index >= 15 is 0 Å². The Hall–Kier alpha value is -2.23. The number of fused-ring (bicyclic) bond motifs is 1. The van der Waals surface area contributed by atoms with Crippen molar-refractivity contribution in [3.8, 4) is 0 Å². The minimum atomic E-state index is 0.411. The zero-order valence-corrected chi connectivity index (χ0v) is 10.7. The van der Waals surface area contributed by atoms with E-state index < -0.39 is 0 Å². The summed E-state index contributed by atoms with van der Waals surface area (Å²) in [7, 11) is 0. The number of nitrogens with zero attached hydrogens (tertiary/aromatic N) is 1. The number of hydrogen-bond donors (Lipinski definition) is 2. The Morgan fingerprint density at radius 3 is 3.00 bits per heavy atom. The lowest BCUT2D eigenvalue weighted by atomic mass is 10.1. The van der Waals surface area contributed by atoms with Gasteiger partial charge in [-0.15, -0.1) is 0 Å². The second kappa shape index (κ2) is 5.18. The van der Waals surface area contributed by atoms with Gasteiger partial charge in [0.2, 0.25) is 0 Å². The van der Waals surface area contributed by atoms with Gasteiger partial charge in [0.1, 0.15) is 12.3 Å². The molecule has 0 radical (unpaired) electrons. The van der Waals surface area contributed by atoms with Gasteiger partial charge in [0.15, 0.2) is 5.96 Å². The monoisotopic (exact) mass is 255 g/mol. The fourth-order valence-electron chi connectivity index (χ4n) is 2.40. The molecule has 0 saturated heterocycles. The van der Waals surface area contributed by atoms with E-state index in [2.05, 4.69) is 28.5 Å². The number of guanidine groups is 1. The number of rotatable bonds is 3. The summed E-state index contributed by atoms with van der Waals surface area (Å²) in [6, 6.07) is 10.1. The van der Waals surface area contributed by atoms with Crippen LogP contribution < -0.4 is 11.1 Å². The SMILES string of the molecule is NC(=NCc1ccco1)Nc1ccc2c(c1)CCC2. The van der Waals surface area contributed by atoms with Gasteiger partial charge in [-0.2, -0.15) is 0 Å². The molecule has 0 atom stereocenters. The average Bonchev–Trinajstić information content (AvgIpc) is 3.07. The third-order valence-corrected chi connectivity index (χ3v) is 3.36. The van der Waals surface area contributed by atoms with Crippen molar-refractivity contribution in [2.45, 2.75) is 25.8 Å². The van der Waals surface area contributed by atoms with Gasteiger partial charge in [0.05, 0.1) is 6.26 Å². The van der Waals surface area contributed by atoms with Crippen LogP contribution in [0.25, 0.3) is 0 Å².